The van der Waals surface area contributed by atoms with Crippen LogP contribution in [0.2, 0.25) is 0 Å². The number of hydrogen-bond acceptors (Lipinski definition) is 3. The van der Waals surface area contributed by atoms with Crippen LogP contribution in [0.4, 0.5) is 13.2 Å². The van der Waals surface area contributed by atoms with Crippen molar-refractivity contribution in [1.29, 1.82) is 0 Å². The zero-order valence-electron chi connectivity index (χ0n) is 17.6. The van der Waals surface area contributed by atoms with Gasteiger partial charge in [-0.3, -0.25) is 4.79 Å². The maximum Gasteiger partial charge on any atom is 0.416 e. The highest BCUT2D eigenvalue weighted by atomic mass is 19.4. The number of benzene rings is 3. The molecule has 0 unspecified atom stereocenters. The highest BCUT2D eigenvalue weighted by Crippen LogP contribution is 2.29. The van der Waals surface area contributed by atoms with Crippen LogP contribution in [0.3, 0.4) is 0 Å². The highest BCUT2D eigenvalue weighted by molar-refractivity contribution is 5.99. The lowest BCUT2D eigenvalue weighted by atomic mass is 10.1. The Hall–Kier alpha value is -4.07. The standard InChI is InChI=1S/C25H20F3N3O2/c1-33-21-9-5-8-20(14-21)31-16-22(18-6-3-2-4-7-18)23(30-31)24(32)29-15-17-10-12-19(13-11-17)25(26,27)28/h2-14,16H,15H2,1H3,(H,29,32). The van der Waals surface area contributed by atoms with Crippen LogP contribution in [0, 0.1) is 0 Å². The monoisotopic (exact) mass is 451 g/mol. The second-order valence-corrected chi connectivity index (χ2v) is 7.28. The minimum absolute atomic E-state index is 0.0667. The third kappa shape index (κ3) is 5.06. The van der Waals surface area contributed by atoms with E-state index in [-0.39, 0.29) is 12.2 Å². The van der Waals surface area contributed by atoms with Gasteiger partial charge in [-0.25, -0.2) is 4.68 Å². The summed E-state index contributed by atoms with van der Waals surface area (Å²) in [6.07, 6.45) is -2.64. The molecule has 0 atom stereocenters. The predicted octanol–water partition coefficient (Wildman–Crippen LogP) is 5.50. The van der Waals surface area contributed by atoms with Crippen LogP contribution in [0.25, 0.3) is 16.8 Å². The lowest BCUT2D eigenvalue weighted by Crippen LogP contribution is -2.24. The fourth-order valence-electron chi connectivity index (χ4n) is 3.33. The molecule has 0 aliphatic carbocycles. The molecule has 33 heavy (non-hydrogen) atoms. The molecular weight excluding hydrogens is 431 g/mol. The van der Waals surface area contributed by atoms with Crippen LogP contribution < -0.4 is 10.1 Å². The summed E-state index contributed by atoms with van der Waals surface area (Å²) in [6.45, 7) is 0.0667. The lowest BCUT2D eigenvalue weighted by molar-refractivity contribution is -0.137. The fraction of sp³-hybridized carbons (Fsp3) is 0.120. The van der Waals surface area contributed by atoms with E-state index in [4.69, 9.17) is 4.74 Å². The number of ether oxygens (including phenoxy) is 1. The summed E-state index contributed by atoms with van der Waals surface area (Å²) in [5, 5.41) is 7.24. The van der Waals surface area contributed by atoms with Crippen molar-refractivity contribution in [3.8, 4) is 22.6 Å². The molecule has 1 N–H and O–H groups in total. The van der Waals surface area contributed by atoms with Crippen molar-refractivity contribution >= 4 is 5.91 Å². The molecule has 0 radical (unpaired) electrons. The lowest BCUT2D eigenvalue weighted by Gasteiger charge is -2.09. The van der Waals surface area contributed by atoms with Crippen molar-refractivity contribution in [2.45, 2.75) is 12.7 Å². The van der Waals surface area contributed by atoms with Gasteiger partial charge < -0.3 is 10.1 Å². The van der Waals surface area contributed by atoms with Crippen molar-refractivity contribution in [1.82, 2.24) is 15.1 Å². The molecule has 0 fully saturated rings. The zero-order valence-corrected chi connectivity index (χ0v) is 17.6. The summed E-state index contributed by atoms with van der Waals surface area (Å²) in [7, 11) is 1.57. The quantitative estimate of drug-likeness (QED) is 0.421. The third-order valence-corrected chi connectivity index (χ3v) is 5.07. The van der Waals surface area contributed by atoms with E-state index in [1.807, 2.05) is 48.5 Å². The number of nitrogens with zero attached hydrogens (tertiary/aromatic N) is 2. The first-order chi connectivity index (χ1) is 15.8. The number of nitrogens with one attached hydrogen (secondary N) is 1. The Morgan fingerprint density at radius 1 is 1.00 bits per heavy atom. The molecule has 0 saturated carbocycles. The molecule has 4 rings (SSSR count). The number of methoxy groups -OCH3 is 1. The van der Waals surface area contributed by atoms with E-state index in [0.717, 1.165) is 17.7 Å². The van der Waals surface area contributed by atoms with Gasteiger partial charge in [0.2, 0.25) is 0 Å². The first-order valence-electron chi connectivity index (χ1n) is 10.1. The summed E-state index contributed by atoms with van der Waals surface area (Å²) >= 11 is 0. The Kier molecular flexibility index (Phi) is 6.17. The molecule has 0 aliphatic heterocycles. The van der Waals surface area contributed by atoms with Gasteiger partial charge in [-0.2, -0.15) is 18.3 Å². The number of aromatic nitrogens is 2. The van der Waals surface area contributed by atoms with Crippen LogP contribution in [0.15, 0.2) is 85.1 Å². The molecule has 0 spiro atoms. The topological polar surface area (TPSA) is 56.1 Å². The first-order valence-corrected chi connectivity index (χ1v) is 10.1. The van der Waals surface area contributed by atoms with Crippen LogP contribution in [-0.4, -0.2) is 22.8 Å². The second-order valence-electron chi connectivity index (χ2n) is 7.28. The van der Waals surface area contributed by atoms with E-state index in [2.05, 4.69) is 10.4 Å². The van der Waals surface area contributed by atoms with E-state index in [1.54, 1.807) is 24.1 Å². The number of amides is 1. The molecule has 1 heterocycles. The highest BCUT2D eigenvalue weighted by Gasteiger charge is 2.30. The molecule has 8 heteroatoms. The van der Waals surface area contributed by atoms with Crippen molar-refractivity contribution < 1.29 is 22.7 Å². The van der Waals surface area contributed by atoms with Gasteiger partial charge in [-0.15, -0.1) is 0 Å². The average molecular weight is 451 g/mol. The molecule has 0 bridgehead atoms. The van der Waals surface area contributed by atoms with Crippen LogP contribution in [0.5, 0.6) is 5.75 Å². The molecule has 1 aromatic heterocycles. The maximum absolute atomic E-state index is 13.0. The smallest absolute Gasteiger partial charge is 0.416 e. The number of halogens is 3. The summed E-state index contributed by atoms with van der Waals surface area (Å²) in [5.41, 5.74) is 2.17. The van der Waals surface area contributed by atoms with Crippen LogP contribution >= 0.6 is 0 Å². The minimum atomic E-state index is -4.40. The Balaban J connectivity index is 1.61. The summed E-state index contributed by atoms with van der Waals surface area (Å²) in [5.74, 6) is 0.216. The number of carbonyl (C=O) groups is 1. The number of carbonyl (C=O) groups excluding carboxylic acids is 1. The van der Waals surface area contributed by atoms with E-state index in [9.17, 15) is 18.0 Å². The first kappa shape index (κ1) is 22.1. The molecule has 0 aliphatic rings. The number of alkyl halides is 3. The molecule has 168 valence electrons. The Morgan fingerprint density at radius 3 is 2.39 bits per heavy atom. The van der Waals surface area contributed by atoms with Gasteiger partial charge in [0.25, 0.3) is 5.91 Å². The van der Waals surface area contributed by atoms with Gasteiger partial charge in [0.1, 0.15) is 5.75 Å². The molecular formula is C25H20F3N3O2. The Bertz CT molecular complexity index is 1250. The Labute approximate surface area is 188 Å². The van der Waals surface area contributed by atoms with E-state index < -0.39 is 17.6 Å². The van der Waals surface area contributed by atoms with E-state index >= 15 is 0 Å². The average Bonchev–Trinajstić information content (AvgIpc) is 3.28. The summed E-state index contributed by atoms with van der Waals surface area (Å²) in [6, 6.07) is 21.3. The van der Waals surface area contributed by atoms with Crippen molar-refractivity contribution in [2.24, 2.45) is 0 Å². The predicted molar refractivity (Wildman–Crippen MR) is 118 cm³/mol. The van der Waals surface area contributed by atoms with Crippen LogP contribution in [0.1, 0.15) is 21.6 Å². The summed E-state index contributed by atoms with van der Waals surface area (Å²) < 4.78 is 45.2. The van der Waals surface area contributed by atoms with E-state index in [0.29, 0.717) is 22.6 Å². The second kappa shape index (κ2) is 9.20. The molecule has 5 nitrogen and oxygen atoms in total. The molecule has 3 aromatic carbocycles. The minimum Gasteiger partial charge on any atom is -0.497 e. The third-order valence-electron chi connectivity index (χ3n) is 5.07. The van der Waals surface area contributed by atoms with Gasteiger partial charge in [-0.05, 0) is 35.4 Å². The summed E-state index contributed by atoms with van der Waals surface area (Å²) in [4.78, 5) is 13.0. The van der Waals surface area contributed by atoms with Gasteiger partial charge in [0.05, 0.1) is 18.4 Å². The van der Waals surface area contributed by atoms with Gasteiger partial charge >= 0.3 is 6.18 Å². The number of hydrogen-bond donors (Lipinski definition) is 1. The number of rotatable bonds is 6. The van der Waals surface area contributed by atoms with Gasteiger partial charge in [-0.1, -0.05) is 48.5 Å². The van der Waals surface area contributed by atoms with Crippen molar-refractivity contribution in [3.05, 3.63) is 102 Å². The van der Waals surface area contributed by atoms with Gasteiger partial charge in [0.15, 0.2) is 5.69 Å². The fourth-order valence-corrected chi connectivity index (χ4v) is 3.33. The largest absolute Gasteiger partial charge is 0.497 e. The normalized spacial score (nSPS) is 11.3. The molecule has 0 saturated heterocycles. The Morgan fingerprint density at radius 2 is 1.73 bits per heavy atom. The molecule has 1 amide bonds. The maximum atomic E-state index is 13.0. The van der Waals surface area contributed by atoms with Crippen molar-refractivity contribution in [3.63, 3.8) is 0 Å². The van der Waals surface area contributed by atoms with E-state index in [1.165, 1.54) is 12.1 Å². The van der Waals surface area contributed by atoms with Gasteiger partial charge in [0, 0.05) is 24.4 Å². The van der Waals surface area contributed by atoms with Crippen LogP contribution in [-0.2, 0) is 12.7 Å². The molecule has 4 aromatic rings. The zero-order chi connectivity index (χ0) is 23.4. The van der Waals surface area contributed by atoms with Crippen molar-refractivity contribution in [2.75, 3.05) is 7.11 Å². The SMILES string of the molecule is COc1cccc(-n2cc(-c3ccccc3)c(C(=O)NCc3ccc(C(F)(F)F)cc3)n2)c1.